The summed E-state index contributed by atoms with van der Waals surface area (Å²) in [6.07, 6.45) is 1.40. The van der Waals surface area contributed by atoms with Gasteiger partial charge in [-0.05, 0) is 42.0 Å². The summed E-state index contributed by atoms with van der Waals surface area (Å²) in [5.74, 6) is -0.880. The minimum Gasteiger partial charge on any atom is -0.493 e. The van der Waals surface area contributed by atoms with Gasteiger partial charge in [0.15, 0.2) is 11.5 Å². The van der Waals surface area contributed by atoms with Crippen molar-refractivity contribution in [3.8, 4) is 11.5 Å². The van der Waals surface area contributed by atoms with Crippen LogP contribution in [-0.2, 0) is 16.2 Å². The zero-order valence-electron chi connectivity index (χ0n) is 17.0. The number of amides is 2. The van der Waals surface area contributed by atoms with Crippen LogP contribution in [0.3, 0.4) is 0 Å². The second-order valence-electron chi connectivity index (χ2n) is 6.92. The molecular weight excluding hydrogens is 435 g/mol. The molecule has 0 atom stereocenters. The summed E-state index contributed by atoms with van der Waals surface area (Å²) in [6, 6.07) is 17.8. The monoisotopic (exact) mass is 452 g/mol. The van der Waals surface area contributed by atoms with E-state index < -0.39 is 11.8 Å². The molecule has 0 saturated carbocycles. The second kappa shape index (κ2) is 9.11. The van der Waals surface area contributed by atoms with Crippen LogP contribution in [0.25, 0.3) is 6.08 Å². The second-order valence-corrected chi connectivity index (χ2v) is 7.36. The highest BCUT2D eigenvalue weighted by molar-refractivity contribution is 6.32. The Bertz CT molecular complexity index is 1210. The normalized spacial score (nSPS) is 14.6. The molecule has 6 nitrogen and oxygen atoms in total. The van der Waals surface area contributed by atoms with Crippen molar-refractivity contribution in [3.63, 3.8) is 0 Å². The Hall–Kier alpha value is -3.84. The number of hydrazine groups is 1. The number of carbonyl (C=O) groups is 2. The number of nitrogens with one attached hydrogen (secondary N) is 1. The summed E-state index contributed by atoms with van der Waals surface area (Å²) in [4.78, 5) is 25.5. The Morgan fingerprint density at radius 3 is 2.56 bits per heavy atom. The van der Waals surface area contributed by atoms with Gasteiger partial charge < -0.3 is 9.47 Å². The van der Waals surface area contributed by atoms with Gasteiger partial charge in [0.2, 0.25) is 0 Å². The molecule has 0 aliphatic carbocycles. The highest BCUT2D eigenvalue weighted by atomic mass is 35.5. The summed E-state index contributed by atoms with van der Waals surface area (Å²) < 4.78 is 24.8. The molecule has 1 N–H and O–H groups in total. The van der Waals surface area contributed by atoms with E-state index in [2.05, 4.69) is 5.43 Å². The number of benzene rings is 3. The fourth-order valence-electron chi connectivity index (χ4n) is 3.26. The van der Waals surface area contributed by atoms with Crippen molar-refractivity contribution in [3.05, 3.63) is 94.3 Å². The number of ether oxygens (including phenoxy) is 2. The van der Waals surface area contributed by atoms with Gasteiger partial charge >= 0.3 is 0 Å². The van der Waals surface area contributed by atoms with Gasteiger partial charge in [-0.25, -0.2) is 9.40 Å². The van der Waals surface area contributed by atoms with E-state index in [1.165, 1.54) is 30.3 Å². The molecule has 3 aromatic rings. The quantitative estimate of drug-likeness (QED) is 0.441. The molecule has 0 spiro atoms. The van der Waals surface area contributed by atoms with Crippen LogP contribution in [-0.4, -0.2) is 18.9 Å². The van der Waals surface area contributed by atoms with Crippen LogP contribution in [0.4, 0.5) is 10.1 Å². The summed E-state index contributed by atoms with van der Waals surface area (Å²) in [5.41, 5.74) is 3.96. The number of hydrogen-bond donors (Lipinski definition) is 1. The number of para-hydroxylation sites is 1. The van der Waals surface area contributed by atoms with Crippen molar-refractivity contribution in [2.45, 2.75) is 6.61 Å². The lowest BCUT2D eigenvalue weighted by molar-refractivity contribution is -0.117. The Labute approximate surface area is 188 Å². The average molecular weight is 453 g/mol. The number of anilines is 1. The molecule has 1 heterocycles. The summed E-state index contributed by atoms with van der Waals surface area (Å²) in [6.45, 7) is 0.0439. The van der Waals surface area contributed by atoms with Crippen molar-refractivity contribution in [2.75, 3.05) is 12.1 Å². The smallest absolute Gasteiger partial charge is 0.282 e. The van der Waals surface area contributed by atoms with E-state index >= 15 is 0 Å². The number of hydrogen-bond acceptors (Lipinski definition) is 4. The summed E-state index contributed by atoms with van der Waals surface area (Å²) in [5, 5.41) is 1.50. The van der Waals surface area contributed by atoms with Crippen molar-refractivity contribution in [1.29, 1.82) is 0 Å². The summed E-state index contributed by atoms with van der Waals surface area (Å²) in [7, 11) is 1.45. The fourth-order valence-corrected chi connectivity index (χ4v) is 3.47. The molecule has 1 aliphatic rings. The number of nitrogens with zero attached hydrogens (tertiary/aromatic N) is 1. The van der Waals surface area contributed by atoms with Crippen LogP contribution in [0.5, 0.6) is 11.5 Å². The number of halogens is 2. The maximum absolute atomic E-state index is 13.5. The maximum Gasteiger partial charge on any atom is 0.282 e. The first-order valence-corrected chi connectivity index (χ1v) is 10.0. The molecule has 8 heteroatoms. The predicted molar refractivity (Wildman–Crippen MR) is 119 cm³/mol. The third-order valence-corrected chi connectivity index (χ3v) is 4.96. The van der Waals surface area contributed by atoms with Gasteiger partial charge in [-0.3, -0.25) is 15.0 Å². The number of carbonyl (C=O) groups excluding carboxylic acids is 2. The van der Waals surface area contributed by atoms with Crippen molar-refractivity contribution in [1.82, 2.24) is 5.43 Å². The van der Waals surface area contributed by atoms with Crippen molar-refractivity contribution < 1.29 is 23.5 Å². The lowest BCUT2D eigenvalue weighted by Crippen LogP contribution is -2.35. The molecule has 3 aromatic carbocycles. The molecule has 1 aliphatic heterocycles. The third kappa shape index (κ3) is 4.43. The SMILES string of the molecule is COc1cc(Cl)cc(C=C2C(=O)NN(c3ccccc3)C2=O)c1OCc1cccc(F)c1. The van der Waals surface area contributed by atoms with E-state index in [-0.39, 0.29) is 23.7 Å². The number of rotatable bonds is 6. The van der Waals surface area contributed by atoms with Crippen LogP contribution < -0.4 is 19.9 Å². The standard InChI is InChI=1S/C24H18ClFN2O4/c1-31-21-13-17(25)11-16(22(21)32-14-15-6-5-7-18(26)10-15)12-20-23(29)27-28(24(20)30)19-8-3-2-4-9-19/h2-13H,14H2,1H3,(H,27,29). The highest BCUT2D eigenvalue weighted by Crippen LogP contribution is 2.37. The third-order valence-electron chi connectivity index (χ3n) is 4.75. The van der Waals surface area contributed by atoms with Gasteiger partial charge in [0.1, 0.15) is 18.0 Å². The Kier molecular flexibility index (Phi) is 6.09. The van der Waals surface area contributed by atoms with Crippen molar-refractivity contribution >= 4 is 35.2 Å². The van der Waals surface area contributed by atoms with Gasteiger partial charge in [-0.1, -0.05) is 41.9 Å². The Morgan fingerprint density at radius 2 is 1.84 bits per heavy atom. The van der Waals surface area contributed by atoms with Gasteiger partial charge in [0, 0.05) is 16.7 Å². The largest absolute Gasteiger partial charge is 0.493 e. The highest BCUT2D eigenvalue weighted by Gasteiger charge is 2.34. The van der Waals surface area contributed by atoms with Crippen LogP contribution in [0, 0.1) is 5.82 Å². The molecule has 2 amide bonds. The first kappa shape index (κ1) is 21.4. The molecule has 162 valence electrons. The van der Waals surface area contributed by atoms with E-state index in [1.807, 2.05) is 6.07 Å². The van der Waals surface area contributed by atoms with Gasteiger partial charge in [-0.15, -0.1) is 0 Å². The van der Waals surface area contributed by atoms with Crippen LogP contribution in [0.1, 0.15) is 11.1 Å². The molecule has 0 unspecified atom stereocenters. The Morgan fingerprint density at radius 1 is 1.06 bits per heavy atom. The maximum atomic E-state index is 13.5. The van der Waals surface area contributed by atoms with Crippen LogP contribution >= 0.6 is 11.6 Å². The fraction of sp³-hybridized carbons (Fsp3) is 0.0833. The zero-order valence-corrected chi connectivity index (χ0v) is 17.7. The topological polar surface area (TPSA) is 67.9 Å². The minimum absolute atomic E-state index is 0.0439. The van der Waals surface area contributed by atoms with Crippen LogP contribution in [0.15, 0.2) is 72.3 Å². The molecule has 32 heavy (non-hydrogen) atoms. The van der Waals surface area contributed by atoms with Crippen LogP contribution in [0.2, 0.25) is 5.02 Å². The molecule has 0 radical (unpaired) electrons. The number of methoxy groups -OCH3 is 1. The van der Waals surface area contributed by atoms with Gasteiger partial charge in [0.25, 0.3) is 11.8 Å². The molecular formula is C24H18ClFN2O4. The first-order valence-electron chi connectivity index (χ1n) is 9.63. The summed E-state index contributed by atoms with van der Waals surface area (Å²) >= 11 is 6.21. The zero-order chi connectivity index (χ0) is 22.7. The van der Waals surface area contributed by atoms with E-state index in [0.29, 0.717) is 27.6 Å². The molecule has 1 fully saturated rings. The van der Waals surface area contributed by atoms with E-state index in [1.54, 1.807) is 48.5 Å². The van der Waals surface area contributed by atoms with E-state index in [0.717, 1.165) is 0 Å². The van der Waals surface area contributed by atoms with Gasteiger partial charge in [-0.2, -0.15) is 0 Å². The van der Waals surface area contributed by atoms with Gasteiger partial charge in [0.05, 0.1) is 12.8 Å². The minimum atomic E-state index is -0.561. The van der Waals surface area contributed by atoms with E-state index in [9.17, 15) is 14.0 Å². The molecule has 4 rings (SSSR count). The van der Waals surface area contributed by atoms with Crippen molar-refractivity contribution in [2.24, 2.45) is 0 Å². The van der Waals surface area contributed by atoms with E-state index in [4.69, 9.17) is 21.1 Å². The molecule has 0 aromatic heterocycles. The lowest BCUT2D eigenvalue weighted by Gasteiger charge is -2.15. The molecule has 0 bridgehead atoms. The lowest BCUT2D eigenvalue weighted by atomic mass is 10.1. The Balaban J connectivity index is 1.69. The average Bonchev–Trinajstić information content (AvgIpc) is 3.07. The first-order chi connectivity index (χ1) is 15.5. The molecule has 1 saturated heterocycles. The predicted octanol–water partition coefficient (Wildman–Crippen LogP) is 4.53.